The van der Waals surface area contributed by atoms with E-state index in [4.69, 9.17) is 4.74 Å². The van der Waals surface area contributed by atoms with Crippen molar-refractivity contribution in [3.05, 3.63) is 82.4 Å². The van der Waals surface area contributed by atoms with Crippen molar-refractivity contribution in [2.45, 2.75) is 105 Å². The van der Waals surface area contributed by atoms with Crippen LogP contribution in [0.4, 0.5) is 0 Å². The van der Waals surface area contributed by atoms with Gasteiger partial charge in [-0.05, 0) is 44.9 Å². The molecular formula is C35H46O3. The molecule has 1 N–H and O–H groups in total. The molecule has 0 fully saturated rings. The molecule has 0 aliphatic heterocycles. The summed E-state index contributed by atoms with van der Waals surface area (Å²) in [6.45, 7) is 25.3. The number of benzene rings is 3. The van der Waals surface area contributed by atoms with E-state index in [0.29, 0.717) is 11.3 Å². The molecule has 0 aliphatic carbocycles. The number of ether oxygens (including phenoxy) is 1. The van der Waals surface area contributed by atoms with Gasteiger partial charge in [0, 0.05) is 22.3 Å². The second kappa shape index (κ2) is 9.91. The minimum atomic E-state index is -0.422. The van der Waals surface area contributed by atoms with Crippen molar-refractivity contribution in [1.82, 2.24) is 0 Å². The summed E-state index contributed by atoms with van der Waals surface area (Å²) in [5.41, 5.74) is 4.68. The molecule has 0 amide bonds. The maximum Gasteiger partial charge on any atom is 0.344 e. The van der Waals surface area contributed by atoms with Gasteiger partial charge in [0.25, 0.3) is 0 Å². The van der Waals surface area contributed by atoms with Gasteiger partial charge < -0.3 is 9.84 Å². The lowest BCUT2D eigenvalue weighted by molar-refractivity contribution is 0.0732. The molecule has 0 saturated carbocycles. The van der Waals surface area contributed by atoms with Crippen molar-refractivity contribution in [3.8, 4) is 22.6 Å². The van der Waals surface area contributed by atoms with Crippen molar-refractivity contribution < 1.29 is 14.6 Å². The second-order valence-corrected chi connectivity index (χ2v) is 14.5. The second-order valence-electron chi connectivity index (χ2n) is 14.5. The van der Waals surface area contributed by atoms with Gasteiger partial charge in [0.1, 0.15) is 11.5 Å². The maximum atomic E-state index is 14.1. The predicted octanol–water partition coefficient (Wildman–Crippen LogP) is 9.47. The van der Waals surface area contributed by atoms with Gasteiger partial charge in [-0.2, -0.15) is 0 Å². The quantitative estimate of drug-likeness (QED) is 0.280. The SMILES string of the molecule is CC(C)(C)c1ccc(OC(=O)c2cc(C(C)(C)C)c(O)c(C(C)(C)C)c2-c2ccccc2)c(C(C)(C)C)c1. The van der Waals surface area contributed by atoms with E-state index in [2.05, 4.69) is 89.2 Å². The van der Waals surface area contributed by atoms with Crippen LogP contribution in [0.3, 0.4) is 0 Å². The fraction of sp³-hybridized carbons (Fsp3) is 0.457. The van der Waals surface area contributed by atoms with Crippen LogP contribution in [0.15, 0.2) is 54.6 Å². The third kappa shape index (κ3) is 6.14. The molecule has 0 atom stereocenters. The fourth-order valence-corrected chi connectivity index (χ4v) is 4.87. The van der Waals surface area contributed by atoms with E-state index < -0.39 is 11.4 Å². The zero-order valence-corrected chi connectivity index (χ0v) is 25.5. The van der Waals surface area contributed by atoms with Gasteiger partial charge in [-0.3, -0.25) is 0 Å². The number of aromatic hydroxyl groups is 1. The summed E-state index contributed by atoms with van der Waals surface area (Å²) in [6.07, 6.45) is 0. The number of phenolic OH excluding ortho intramolecular Hbond substituents is 1. The van der Waals surface area contributed by atoms with Crippen molar-refractivity contribution in [2.75, 3.05) is 0 Å². The largest absolute Gasteiger partial charge is 0.507 e. The highest BCUT2D eigenvalue weighted by molar-refractivity contribution is 6.01. The van der Waals surface area contributed by atoms with Crippen LogP contribution in [0.2, 0.25) is 0 Å². The van der Waals surface area contributed by atoms with Gasteiger partial charge in [-0.25, -0.2) is 4.79 Å². The number of hydrogen-bond donors (Lipinski definition) is 1. The molecule has 3 nitrogen and oxygen atoms in total. The highest BCUT2D eigenvalue weighted by Gasteiger charge is 2.34. The minimum Gasteiger partial charge on any atom is -0.507 e. The molecule has 0 aliphatic rings. The van der Waals surface area contributed by atoms with Gasteiger partial charge in [0.05, 0.1) is 5.56 Å². The van der Waals surface area contributed by atoms with E-state index in [1.807, 2.05) is 48.5 Å². The average molecular weight is 515 g/mol. The van der Waals surface area contributed by atoms with Crippen molar-refractivity contribution in [1.29, 1.82) is 0 Å². The number of hydrogen-bond acceptors (Lipinski definition) is 3. The van der Waals surface area contributed by atoms with Gasteiger partial charge >= 0.3 is 5.97 Å². The number of carbonyl (C=O) groups is 1. The van der Waals surface area contributed by atoms with Crippen molar-refractivity contribution in [3.63, 3.8) is 0 Å². The van der Waals surface area contributed by atoms with E-state index in [1.54, 1.807) is 0 Å². The fourth-order valence-electron chi connectivity index (χ4n) is 4.87. The molecule has 0 aromatic heterocycles. The molecular weight excluding hydrogens is 468 g/mol. The molecule has 0 unspecified atom stereocenters. The standard InChI is InChI=1S/C35H46O3/c1-32(2,3)23-18-19-27(25(20-23)33(4,5)6)38-31(37)24-21-26(34(7,8)9)30(36)29(35(10,11)12)28(24)22-16-14-13-15-17-22/h13-21,36H,1-12H3. The summed E-state index contributed by atoms with van der Waals surface area (Å²) in [5, 5.41) is 11.6. The monoisotopic (exact) mass is 514 g/mol. The summed E-state index contributed by atoms with van der Waals surface area (Å²) in [7, 11) is 0. The van der Waals surface area contributed by atoms with Crippen LogP contribution in [0.5, 0.6) is 11.5 Å². The van der Waals surface area contributed by atoms with Crippen LogP contribution in [0.25, 0.3) is 11.1 Å². The van der Waals surface area contributed by atoms with E-state index in [-0.39, 0.29) is 22.0 Å². The summed E-state index contributed by atoms with van der Waals surface area (Å²) in [6, 6.07) is 17.8. The first-order chi connectivity index (χ1) is 17.2. The van der Waals surface area contributed by atoms with E-state index in [1.165, 1.54) is 5.56 Å². The third-order valence-electron chi connectivity index (χ3n) is 7.00. The predicted molar refractivity (Wildman–Crippen MR) is 160 cm³/mol. The lowest BCUT2D eigenvalue weighted by Gasteiger charge is -2.31. The summed E-state index contributed by atoms with van der Waals surface area (Å²) in [5.74, 6) is 0.386. The molecule has 0 spiro atoms. The van der Waals surface area contributed by atoms with Crippen molar-refractivity contribution >= 4 is 5.97 Å². The molecule has 3 aromatic carbocycles. The topological polar surface area (TPSA) is 46.5 Å². The molecule has 3 aromatic rings. The van der Waals surface area contributed by atoms with Crippen molar-refractivity contribution in [2.24, 2.45) is 0 Å². The third-order valence-corrected chi connectivity index (χ3v) is 7.00. The van der Waals surface area contributed by atoms with Crippen LogP contribution >= 0.6 is 0 Å². The van der Waals surface area contributed by atoms with Crippen LogP contribution in [0, 0.1) is 0 Å². The Hall–Kier alpha value is -3.07. The Bertz CT molecular complexity index is 1320. The minimum absolute atomic E-state index is 0.0246. The first-order valence-electron chi connectivity index (χ1n) is 13.6. The molecule has 0 saturated heterocycles. The summed E-state index contributed by atoms with van der Waals surface area (Å²) in [4.78, 5) is 14.1. The van der Waals surface area contributed by atoms with Gasteiger partial charge in [0.15, 0.2) is 0 Å². The number of rotatable bonds is 3. The number of phenols is 1. The Morgan fingerprint density at radius 3 is 1.68 bits per heavy atom. The number of esters is 1. The van der Waals surface area contributed by atoms with Gasteiger partial charge in [-0.1, -0.05) is 126 Å². The smallest absolute Gasteiger partial charge is 0.344 e. The average Bonchev–Trinajstić information content (AvgIpc) is 2.76. The highest BCUT2D eigenvalue weighted by Crippen LogP contribution is 2.47. The first kappa shape index (κ1) is 29.5. The molecule has 3 rings (SSSR count). The lowest BCUT2D eigenvalue weighted by atomic mass is 9.74. The Morgan fingerprint density at radius 2 is 1.21 bits per heavy atom. The zero-order valence-electron chi connectivity index (χ0n) is 25.5. The Labute approximate surface area is 230 Å². The Morgan fingerprint density at radius 1 is 0.658 bits per heavy atom. The Kier molecular flexibility index (Phi) is 7.69. The van der Waals surface area contributed by atoms with Gasteiger partial charge in [-0.15, -0.1) is 0 Å². The van der Waals surface area contributed by atoms with E-state index >= 15 is 0 Å². The molecule has 3 heteroatoms. The molecule has 204 valence electrons. The Balaban J connectivity index is 2.32. The summed E-state index contributed by atoms with van der Waals surface area (Å²) >= 11 is 0. The molecule has 38 heavy (non-hydrogen) atoms. The first-order valence-corrected chi connectivity index (χ1v) is 13.6. The van der Waals surface area contributed by atoms with Crippen LogP contribution in [-0.4, -0.2) is 11.1 Å². The zero-order chi connectivity index (χ0) is 28.8. The van der Waals surface area contributed by atoms with Crippen LogP contribution in [0.1, 0.15) is 116 Å². The summed E-state index contributed by atoms with van der Waals surface area (Å²) < 4.78 is 6.24. The molecule has 0 bridgehead atoms. The normalized spacial score (nSPS) is 12.9. The highest BCUT2D eigenvalue weighted by atomic mass is 16.5. The maximum absolute atomic E-state index is 14.1. The molecule has 0 heterocycles. The van der Waals surface area contributed by atoms with E-state index in [9.17, 15) is 9.90 Å². The lowest BCUT2D eigenvalue weighted by Crippen LogP contribution is -2.23. The molecule has 0 radical (unpaired) electrons. The van der Waals surface area contributed by atoms with Crippen LogP contribution in [-0.2, 0) is 21.7 Å². The van der Waals surface area contributed by atoms with E-state index in [0.717, 1.165) is 27.8 Å². The van der Waals surface area contributed by atoms with Gasteiger partial charge in [0.2, 0.25) is 0 Å². The number of carbonyl (C=O) groups excluding carboxylic acids is 1. The van der Waals surface area contributed by atoms with Crippen LogP contribution < -0.4 is 4.74 Å².